The summed E-state index contributed by atoms with van der Waals surface area (Å²) in [7, 11) is 3.89. The lowest BCUT2D eigenvalue weighted by Gasteiger charge is -2.36. The summed E-state index contributed by atoms with van der Waals surface area (Å²) < 4.78 is 6.71. The second kappa shape index (κ2) is 12.8. The van der Waals surface area contributed by atoms with Crippen molar-refractivity contribution in [2.24, 2.45) is 0 Å². The van der Waals surface area contributed by atoms with Crippen molar-refractivity contribution in [1.29, 1.82) is 0 Å². The molecule has 4 rings (SSSR count). The molecule has 0 radical (unpaired) electrons. The summed E-state index contributed by atoms with van der Waals surface area (Å²) in [6.07, 6.45) is 2.15. The van der Waals surface area contributed by atoms with E-state index in [1.807, 2.05) is 62.0 Å². The molecule has 11 nitrogen and oxygen atoms in total. The van der Waals surface area contributed by atoms with Crippen LogP contribution >= 0.6 is 0 Å². The molecule has 1 aliphatic heterocycles. The number of aryl methyl sites for hydroxylation is 1. The number of piperazine rings is 1. The van der Waals surface area contributed by atoms with Gasteiger partial charge in [-0.25, -0.2) is 0 Å². The first-order valence-electron chi connectivity index (χ1n) is 11.9. The Balaban J connectivity index is 0.00000148. The number of pyridine rings is 1. The van der Waals surface area contributed by atoms with Crippen LogP contribution in [0, 0.1) is 10.1 Å². The van der Waals surface area contributed by atoms with E-state index in [0.29, 0.717) is 55.7 Å². The van der Waals surface area contributed by atoms with Crippen LogP contribution in [0.5, 0.6) is 0 Å². The molecule has 36 heavy (non-hydrogen) atoms. The number of benzene rings is 1. The van der Waals surface area contributed by atoms with Crippen molar-refractivity contribution in [2.75, 3.05) is 51.7 Å². The van der Waals surface area contributed by atoms with Crippen LogP contribution in [-0.4, -0.2) is 72.0 Å². The maximum atomic E-state index is 13.3. The first-order chi connectivity index (χ1) is 16.9. The minimum atomic E-state index is -0.596. The van der Waals surface area contributed by atoms with Gasteiger partial charge in [-0.15, -0.1) is 0 Å². The Morgan fingerprint density at radius 1 is 1.08 bits per heavy atom. The zero-order valence-electron chi connectivity index (χ0n) is 21.5. The molecule has 1 aromatic carbocycles. The number of furan rings is 1. The van der Waals surface area contributed by atoms with Gasteiger partial charge in [0.05, 0.1) is 16.7 Å². The summed E-state index contributed by atoms with van der Waals surface area (Å²) in [4.78, 5) is 42.9. The normalized spacial score (nSPS) is 13.2. The third-order valence-corrected chi connectivity index (χ3v) is 5.91. The highest BCUT2D eigenvalue weighted by atomic mass is 16.6. The number of anilines is 1. The van der Waals surface area contributed by atoms with E-state index >= 15 is 0 Å². The van der Waals surface area contributed by atoms with Gasteiger partial charge in [0.15, 0.2) is 5.76 Å². The topological polar surface area (TPSA) is 140 Å². The van der Waals surface area contributed by atoms with E-state index in [0.717, 1.165) is 6.54 Å². The van der Waals surface area contributed by atoms with Gasteiger partial charge in [-0.2, -0.15) is 0 Å². The zero-order valence-corrected chi connectivity index (χ0v) is 21.5. The third kappa shape index (κ3) is 5.92. The first-order valence-corrected chi connectivity index (χ1v) is 11.9. The fourth-order valence-electron chi connectivity index (χ4n) is 4.32. The first kappa shape index (κ1) is 28.5. The molecule has 0 spiro atoms. The summed E-state index contributed by atoms with van der Waals surface area (Å²) in [5.74, 6) is 0.0514. The van der Waals surface area contributed by atoms with Gasteiger partial charge >= 0.3 is 11.2 Å². The number of hydrogen-bond acceptors (Lipinski definition) is 8. The Kier molecular flexibility index (Phi) is 10.2. The second-order valence-electron chi connectivity index (χ2n) is 8.34. The van der Waals surface area contributed by atoms with E-state index in [-0.39, 0.29) is 17.8 Å². The molecule has 3 N–H and O–H groups in total. The van der Waals surface area contributed by atoms with Crippen molar-refractivity contribution in [1.82, 2.24) is 20.5 Å². The molecule has 1 amide bonds. The van der Waals surface area contributed by atoms with Crippen LogP contribution < -0.4 is 16.6 Å². The van der Waals surface area contributed by atoms with E-state index in [9.17, 15) is 19.7 Å². The lowest BCUT2D eigenvalue weighted by atomic mass is 10.1. The standard InChI is InChI=1S/C23H27N5O5.C2H6.H3N/c1-24(2)10-6-11-27-18-8-4-3-7-17(18)20(21(23(27)30)28(31)32)25-12-14-26(15-13-25)22(29)19-9-5-16-33-19;1-2;/h3-5,7-9,16H,6,10-15H2,1-2H3;1-2H3;1H3. The SMILES string of the molecule is CC.CN(C)CCCn1c(=O)c([N+](=O)[O-])c(N2CCN(C(=O)c3ccco3)CC2)c2ccccc21.N. The number of carbonyl (C=O) groups excluding carboxylic acids is 1. The molecule has 0 saturated carbocycles. The molecule has 196 valence electrons. The molecule has 0 unspecified atom stereocenters. The van der Waals surface area contributed by atoms with Crippen LogP contribution in [-0.2, 0) is 6.54 Å². The van der Waals surface area contributed by atoms with Gasteiger partial charge in [-0.05, 0) is 45.3 Å². The minimum Gasteiger partial charge on any atom is -0.459 e. The number of nitro groups is 1. The highest BCUT2D eigenvalue weighted by Crippen LogP contribution is 2.34. The molecular weight excluding hydrogens is 464 g/mol. The van der Waals surface area contributed by atoms with E-state index in [1.54, 1.807) is 17.0 Å². The maximum Gasteiger partial charge on any atom is 0.357 e. The molecule has 2 aromatic heterocycles. The van der Waals surface area contributed by atoms with Gasteiger partial charge in [0.1, 0.15) is 5.69 Å². The molecule has 0 atom stereocenters. The van der Waals surface area contributed by atoms with Crippen molar-refractivity contribution < 1.29 is 14.1 Å². The molecule has 11 heteroatoms. The van der Waals surface area contributed by atoms with Crippen molar-refractivity contribution in [3.8, 4) is 0 Å². The monoisotopic (exact) mass is 500 g/mol. The van der Waals surface area contributed by atoms with Crippen LogP contribution in [0.2, 0.25) is 0 Å². The Morgan fingerprint density at radius 3 is 2.33 bits per heavy atom. The van der Waals surface area contributed by atoms with Crippen molar-refractivity contribution in [3.05, 3.63) is 68.9 Å². The van der Waals surface area contributed by atoms with Gasteiger partial charge in [-0.1, -0.05) is 32.0 Å². The Bertz CT molecular complexity index is 1210. The number of hydrogen-bond donors (Lipinski definition) is 1. The molecule has 0 bridgehead atoms. The molecule has 1 aliphatic rings. The number of rotatable bonds is 7. The molecule has 0 aliphatic carbocycles. The Morgan fingerprint density at radius 2 is 1.75 bits per heavy atom. The lowest BCUT2D eigenvalue weighted by Crippen LogP contribution is -2.49. The number of amides is 1. The molecule has 3 heterocycles. The van der Waals surface area contributed by atoms with Crippen molar-refractivity contribution >= 4 is 28.2 Å². The van der Waals surface area contributed by atoms with Gasteiger partial charge in [0.2, 0.25) is 0 Å². The number of fused-ring (bicyclic) bond motifs is 1. The van der Waals surface area contributed by atoms with Crippen LogP contribution in [0.4, 0.5) is 11.4 Å². The predicted molar refractivity (Wildman–Crippen MR) is 141 cm³/mol. The number of nitrogens with zero attached hydrogens (tertiary/aromatic N) is 5. The summed E-state index contributed by atoms with van der Waals surface area (Å²) in [6.45, 7) is 6.66. The number of para-hydroxylation sites is 1. The van der Waals surface area contributed by atoms with Gasteiger partial charge in [-0.3, -0.25) is 19.7 Å². The Hall–Kier alpha value is -3.70. The number of carbonyl (C=O) groups is 1. The van der Waals surface area contributed by atoms with Crippen LogP contribution in [0.3, 0.4) is 0 Å². The largest absolute Gasteiger partial charge is 0.459 e. The summed E-state index contributed by atoms with van der Waals surface area (Å²) >= 11 is 0. The second-order valence-corrected chi connectivity index (χ2v) is 8.34. The highest BCUT2D eigenvalue weighted by molar-refractivity contribution is 5.97. The highest BCUT2D eigenvalue weighted by Gasteiger charge is 2.32. The van der Waals surface area contributed by atoms with Gasteiger partial charge in [0, 0.05) is 38.1 Å². The molecular formula is C25H36N6O5. The zero-order chi connectivity index (χ0) is 25.5. The summed E-state index contributed by atoms with van der Waals surface area (Å²) in [5, 5.41) is 12.7. The van der Waals surface area contributed by atoms with Crippen LogP contribution in [0.15, 0.2) is 51.9 Å². The van der Waals surface area contributed by atoms with E-state index in [1.165, 1.54) is 10.8 Å². The smallest absolute Gasteiger partial charge is 0.357 e. The van der Waals surface area contributed by atoms with E-state index in [2.05, 4.69) is 0 Å². The summed E-state index contributed by atoms with van der Waals surface area (Å²) in [5.41, 5.74) is -0.00332. The van der Waals surface area contributed by atoms with Crippen LogP contribution in [0.25, 0.3) is 10.9 Å². The Labute approximate surface area is 210 Å². The molecule has 1 fully saturated rings. The average Bonchev–Trinajstić information content (AvgIpc) is 3.40. The lowest BCUT2D eigenvalue weighted by molar-refractivity contribution is -0.385. The average molecular weight is 501 g/mol. The fourth-order valence-corrected chi connectivity index (χ4v) is 4.32. The van der Waals surface area contributed by atoms with Crippen LogP contribution in [0.1, 0.15) is 30.8 Å². The van der Waals surface area contributed by atoms with Gasteiger partial charge < -0.3 is 29.8 Å². The van der Waals surface area contributed by atoms with E-state index < -0.39 is 16.2 Å². The number of aromatic nitrogens is 1. The van der Waals surface area contributed by atoms with Gasteiger partial charge in [0.25, 0.3) is 5.91 Å². The fraction of sp³-hybridized carbons (Fsp3) is 0.440. The molecule has 3 aromatic rings. The van der Waals surface area contributed by atoms with Crippen molar-refractivity contribution in [2.45, 2.75) is 26.8 Å². The minimum absolute atomic E-state index is 0. The summed E-state index contributed by atoms with van der Waals surface area (Å²) in [6, 6.07) is 10.6. The van der Waals surface area contributed by atoms with E-state index in [4.69, 9.17) is 4.42 Å². The third-order valence-electron chi connectivity index (χ3n) is 5.91. The predicted octanol–water partition coefficient (Wildman–Crippen LogP) is 3.61. The van der Waals surface area contributed by atoms with Crippen molar-refractivity contribution in [3.63, 3.8) is 0 Å². The molecule has 1 saturated heterocycles. The maximum absolute atomic E-state index is 13.3. The quantitative estimate of drug-likeness (QED) is 0.383.